The van der Waals surface area contributed by atoms with Crippen LogP contribution in [-0.2, 0) is 6.18 Å². The molecule has 21 heavy (non-hydrogen) atoms. The van der Waals surface area contributed by atoms with Crippen LogP contribution in [0, 0.1) is 18.6 Å². The summed E-state index contributed by atoms with van der Waals surface area (Å²) >= 11 is 0. The van der Waals surface area contributed by atoms with Crippen LogP contribution in [0.15, 0.2) is 30.5 Å². The number of pyridine rings is 1. The molecule has 1 atom stereocenters. The second kappa shape index (κ2) is 5.40. The minimum Gasteiger partial charge on any atom is -0.319 e. The highest BCUT2D eigenvalue weighted by Crippen LogP contribution is 2.30. The van der Waals surface area contributed by atoms with Crippen molar-refractivity contribution in [3.05, 3.63) is 64.5 Å². The van der Waals surface area contributed by atoms with Gasteiger partial charge in [-0.15, -0.1) is 0 Å². The highest BCUT2D eigenvalue weighted by Gasteiger charge is 2.31. The molecule has 0 amide bonds. The molecular weight excluding hydrogens is 291 g/mol. The first-order chi connectivity index (χ1) is 9.71. The van der Waals surface area contributed by atoms with Gasteiger partial charge in [0.2, 0.25) is 0 Å². The molecule has 112 valence electrons. The quantitative estimate of drug-likeness (QED) is 0.858. The fourth-order valence-electron chi connectivity index (χ4n) is 1.82. The van der Waals surface area contributed by atoms with Gasteiger partial charge in [-0.3, -0.25) is 4.98 Å². The molecule has 1 aromatic carbocycles. The number of halogens is 5. The van der Waals surface area contributed by atoms with E-state index in [0.29, 0.717) is 6.20 Å². The van der Waals surface area contributed by atoms with Gasteiger partial charge in [0, 0.05) is 11.8 Å². The first kappa shape index (κ1) is 15.4. The smallest absolute Gasteiger partial charge is 0.319 e. The molecule has 0 fully saturated rings. The molecule has 2 rings (SSSR count). The van der Waals surface area contributed by atoms with E-state index in [4.69, 9.17) is 5.73 Å². The van der Waals surface area contributed by atoms with Gasteiger partial charge in [-0.1, -0.05) is 12.1 Å². The van der Waals surface area contributed by atoms with Crippen molar-refractivity contribution in [2.45, 2.75) is 19.1 Å². The Bertz CT molecular complexity index is 650. The van der Waals surface area contributed by atoms with Gasteiger partial charge in [0.1, 0.15) is 0 Å². The van der Waals surface area contributed by atoms with Crippen LogP contribution < -0.4 is 5.73 Å². The standard InChI is InChI=1S/C14H11F5N2/c1-7-2-4-9(12(16)11(7)15)13(20)10-5-3-8(6-21-10)14(17,18)19/h2-6,13H,20H2,1H3. The fourth-order valence-corrected chi connectivity index (χ4v) is 1.82. The number of nitrogens with two attached hydrogens (primary N) is 1. The lowest BCUT2D eigenvalue weighted by molar-refractivity contribution is -0.137. The first-order valence-electron chi connectivity index (χ1n) is 5.95. The monoisotopic (exact) mass is 302 g/mol. The summed E-state index contributed by atoms with van der Waals surface area (Å²) in [6.45, 7) is 1.39. The zero-order chi connectivity index (χ0) is 15.8. The topological polar surface area (TPSA) is 38.9 Å². The first-order valence-corrected chi connectivity index (χ1v) is 5.95. The van der Waals surface area contributed by atoms with Crippen molar-refractivity contribution in [1.82, 2.24) is 4.98 Å². The number of nitrogens with zero attached hydrogens (tertiary/aromatic N) is 1. The average Bonchev–Trinajstić information content (AvgIpc) is 2.43. The molecule has 0 radical (unpaired) electrons. The van der Waals surface area contributed by atoms with Crippen LogP contribution in [0.3, 0.4) is 0 Å². The van der Waals surface area contributed by atoms with Crippen molar-refractivity contribution >= 4 is 0 Å². The summed E-state index contributed by atoms with van der Waals surface area (Å²) in [6.07, 6.45) is -3.91. The summed E-state index contributed by atoms with van der Waals surface area (Å²) in [4.78, 5) is 3.58. The van der Waals surface area contributed by atoms with Gasteiger partial charge in [0.25, 0.3) is 0 Å². The van der Waals surface area contributed by atoms with E-state index in [1.807, 2.05) is 0 Å². The number of rotatable bonds is 2. The maximum atomic E-state index is 13.8. The zero-order valence-corrected chi connectivity index (χ0v) is 10.9. The maximum Gasteiger partial charge on any atom is 0.417 e. The summed E-state index contributed by atoms with van der Waals surface area (Å²) in [6, 6.07) is 3.33. The lowest BCUT2D eigenvalue weighted by atomic mass is 10.0. The van der Waals surface area contributed by atoms with E-state index in [1.165, 1.54) is 19.1 Å². The van der Waals surface area contributed by atoms with Gasteiger partial charge in [0.15, 0.2) is 11.6 Å². The molecule has 0 saturated heterocycles. The number of aryl methyl sites for hydroxylation is 1. The van der Waals surface area contributed by atoms with Crippen LogP contribution in [0.2, 0.25) is 0 Å². The molecule has 2 aromatic rings. The van der Waals surface area contributed by atoms with E-state index >= 15 is 0 Å². The number of hydrogen-bond acceptors (Lipinski definition) is 2. The lowest BCUT2D eigenvalue weighted by Gasteiger charge is -2.14. The normalized spacial score (nSPS) is 13.3. The predicted octanol–water partition coefficient (Wildman–Crippen LogP) is 3.74. The molecule has 0 bridgehead atoms. The Balaban J connectivity index is 2.37. The molecule has 7 heteroatoms. The Labute approximate surface area is 117 Å². The summed E-state index contributed by atoms with van der Waals surface area (Å²) in [5.41, 5.74) is 4.78. The summed E-state index contributed by atoms with van der Waals surface area (Å²) < 4.78 is 64.6. The van der Waals surface area contributed by atoms with Gasteiger partial charge in [-0.05, 0) is 24.6 Å². The van der Waals surface area contributed by atoms with Crippen LogP contribution in [-0.4, -0.2) is 4.98 Å². The van der Waals surface area contributed by atoms with Crippen LogP contribution in [0.25, 0.3) is 0 Å². The largest absolute Gasteiger partial charge is 0.417 e. The van der Waals surface area contributed by atoms with E-state index in [1.54, 1.807) is 0 Å². The minimum absolute atomic E-state index is 0.0187. The average molecular weight is 302 g/mol. The van der Waals surface area contributed by atoms with Gasteiger partial charge in [0.05, 0.1) is 17.3 Å². The van der Waals surface area contributed by atoms with E-state index in [2.05, 4.69) is 4.98 Å². The van der Waals surface area contributed by atoms with Gasteiger partial charge in [-0.25, -0.2) is 8.78 Å². The maximum absolute atomic E-state index is 13.8. The van der Waals surface area contributed by atoms with Crippen molar-refractivity contribution in [2.75, 3.05) is 0 Å². The number of benzene rings is 1. The summed E-state index contributed by atoms with van der Waals surface area (Å²) in [7, 11) is 0. The lowest BCUT2D eigenvalue weighted by Crippen LogP contribution is -2.17. The highest BCUT2D eigenvalue weighted by atomic mass is 19.4. The Morgan fingerprint density at radius 1 is 1.05 bits per heavy atom. The van der Waals surface area contributed by atoms with Crippen LogP contribution in [0.4, 0.5) is 22.0 Å². The molecule has 0 saturated carbocycles. The Hall–Kier alpha value is -2.02. The summed E-state index contributed by atoms with van der Waals surface area (Å²) in [5, 5.41) is 0. The molecule has 1 unspecified atom stereocenters. The number of aromatic nitrogens is 1. The van der Waals surface area contributed by atoms with Crippen molar-refractivity contribution in [1.29, 1.82) is 0 Å². The van der Waals surface area contributed by atoms with Crippen molar-refractivity contribution in [2.24, 2.45) is 5.73 Å². The van der Waals surface area contributed by atoms with E-state index in [-0.39, 0.29) is 16.8 Å². The second-order valence-electron chi connectivity index (χ2n) is 4.55. The highest BCUT2D eigenvalue weighted by molar-refractivity contribution is 5.33. The van der Waals surface area contributed by atoms with Crippen LogP contribution in [0.1, 0.15) is 28.4 Å². The number of hydrogen-bond donors (Lipinski definition) is 1. The third kappa shape index (κ3) is 3.02. The number of alkyl halides is 3. The van der Waals surface area contributed by atoms with Crippen LogP contribution >= 0.6 is 0 Å². The molecule has 0 aliphatic carbocycles. The van der Waals surface area contributed by atoms with Crippen molar-refractivity contribution in [3.63, 3.8) is 0 Å². The molecular formula is C14H11F5N2. The SMILES string of the molecule is Cc1ccc(C(N)c2ccc(C(F)(F)F)cn2)c(F)c1F. The molecule has 2 nitrogen and oxygen atoms in total. The summed E-state index contributed by atoms with van der Waals surface area (Å²) in [5.74, 6) is -2.15. The van der Waals surface area contributed by atoms with Gasteiger partial charge >= 0.3 is 6.18 Å². The second-order valence-corrected chi connectivity index (χ2v) is 4.55. The Kier molecular flexibility index (Phi) is 3.95. The minimum atomic E-state index is -4.52. The third-order valence-corrected chi connectivity index (χ3v) is 3.07. The molecule has 2 N–H and O–H groups in total. The Morgan fingerprint density at radius 3 is 2.24 bits per heavy atom. The molecule has 1 aromatic heterocycles. The predicted molar refractivity (Wildman–Crippen MR) is 66.4 cm³/mol. The van der Waals surface area contributed by atoms with E-state index in [0.717, 1.165) is 12.1 Å². The Morgan fingerprint density at radius 2 is 1.71 bits per heavy atom. The third-order valence-electron chi connectivity index (χ3n) is 3.07. The van der Waals surface area contributed by atoms with Gasteiger partial charge < -0.3 is 5.73 Å². The zero-order valence-electron chi connectivity index (χ0n) is 10.9. The molecule has 1 heterocycles. The van der Waals surface area contributed by atoms with Gasteiger partial charge in [-0.2, -0.15) is 13.2 Å². The molecule has 0 aliphatic rings. The van der Waals surface area contributed by atoms with Crippen LogP contribution in [0.5, 0.6) is 0 Å². The van der Waals surface area contributed by atoms with Crippen molar-refractivity contribution < 1.29 is 22.0 Å². The van der Waals surface area contributed by atoms with E-state index in [9.17, 15) is 22.0 Å². The molecule has 0 aliphatic heterocycles. The van der Waals surface area contributed by atoms with Crippen molar-refractivity contribution in [3.8, 4) is 0 Å². The molecule has 0 spiro atoms. The fraction of sp³-hybridized carbons (Fsp3) is 0.214. The van der Waals surface area contributed by atoms with E-state index < -0.39 is 29.4 Å².